The molecule has 0 bridgehead atoms. The van der Waals surface area contributed by atoms with Gasteiger partial charge >= 0.3 is 17.9 Å². The van der Waals surface area contributed by atoms with E-state index in [4.69, 9.17) is 4.74 Å². The highest BCUT2D eigenvalue weighted by Crippen LogP contribution is 2.40. The van der Waals surface area contributed by atoms with Crippen LogP contribution in [0.5, 0.6) is 0 Å². The zero-order chi connectivity index (χ0) is 24.2. The topological polar surface area (TPSA) is 101 Å². The summed E-state index contributed by atoms with van der Waals surface area (Å²) in [5.74, 6) is -5.03. The van der Waals surface area contributed by atoms with Crippen molar-refractivity contribution >= 4 is 17.9 Å². The summed E-state index contributed by atoms with van der Waals surface area (Å²) < 4.78 is 5.47. The Labute approximate surface area is 192 Å². The van der Waals surface area contributed by atoms with Gasteiger partial charge in [0.05, 0.1) is 5.92 Å². The molecular formula is C26H40O6. The summed E-state index contributed by atoms with van der Waals surface area (Å²) >= 11 is 0. The molecule has 0 aliphatic heterocycles. The molecule has 0 amide bonds. The van der Waals surface area contributed by atoms with Crippen LogP contribution in [0.3, 0.4) is 0 Å². The van der Waals surface area contributed by atoms with Gasteiger partial charge in [-0.15, -0.1) is 0 Å². The van der Waals surface area contributed by atoms with Crippen LogP contribution in [0.15, 0.2) is 30.3 Å². The molecule has 0 aromatic heterocycles. The SMILES string of the molecule is CCCCCCCCCC(C(=O)O)(C(=O)OC(C)(C)C)[C@H](CCc1ccccc1)C(=O)O. The number of hydrogen-bond acceptors (Lipinski definition) is 4. The van der Waals surface area contributed by atoms with E-state index >= 15 is 0 Å². The van der Waals surface area contributed by atoms with Crippen LogP contribution < -0.4 is 0 Å². The van der Waals surface area contributed by atoms with Crippen molar-refractivity contribution in [2.45, 2.75) is 97.5 Å². The van der Waals surface area contributed by atoms with E-state index in [9.17, 15) is 24.6 Å². The van der Waals surface area contributed by atoms with Crippen LogP contribution >= 0.6 is 0 Å². The summed E-state index contributed by atoms with van der Waals surface area (Å²) in [4.78, 5) is 38.0. The minimum absolute atomic E-state index is 0.0430. The number of unbranched alkanes of at least 4 members (excludes halogenated alkanes) is 6. The standard InChI is InChI=1S/C26H40O6/c1-5-6-7-8-9-10-14-19-26(23(29)30,24(31)32-25(2,3)4)21(22(27)28)18-17-20-15-12-11-13-16-20/h11-13,15-16,21H,5-10,14,17-19H2,1-4H3,(H,27,28)(H,29,30)/t21-,26?/m1/s1. The fourth-order valence-electron chi connectivity index (χ4n) is 4.03. The molecule has 0 radical (unpaired) electrons. The van der Waals surface area contributed by atoms with Gasteiger partial charge in [-0.3, -0.25) is 14.4 Å². The van der Waals surface area contributed by atoms with E-state index in [0.717, 1.165) is 44.1 Å². The number of carboxylic acid groups (broad SMARTS) is 2. The van der Waals surface area contributed by atoms with Gasteiger partial charge in [0.1, 0.15) is 5.60 Å². The van der Waals surface area contributed by atoms with Crippen molar-refractivity contribution in [1.82, 2.24) is 0 Å². The van der Waals surface area contributed by atoms with Crippen LogP contribution in [-0.2, 0) is 25.5 Å². The molecule has 0 fully saturated rings. The molecule has 1 aromatic carbocycles. The Morgan fingerprint density at radius 1 is 0.906 bits per heavy atom. The molecule has 0 aliphatic carbocycles. The Balaban J connectivity index is 3.12. The van der Waals surface area contributed by atoms with E-state index in [1.807, 2.05) is 30.3 Å². The van der Waals surface area contributed by atoms with Crippen molar-refractivity contribution in [3.8, 4) is 0 Å². The molecule has 0 saturated carbocycles. The molecular weight excluding hydrogens is 408 g/mol. The van der Waals surface area contributed by atoms with E-state index in [2.05, 4.69) is 6.92 Å². The van der Waals surface area contributed by atoms with Gasteiger partial charge in [-0.2, -0.15) is 0 Å². The van der Waals surface area contributed by atoms with Crippen molar-refractivity contribution < 1.29 is 29.3 Å². The van der Waals surface area contributed by atoms with Gasteiger partial charge in [0.2, 0.25) is 0 Å². The molecule has 2 atom stereocenters. The van der Waals surface area contributed by atoms with E-state index in [0.29, 0.717) is 12.8 Å². The predicted molar refractivity (Wildman–Crippen MR) is 124 cm³/mol. The Hall–Kier alpha value is -2.37. The van der Waals surface area contributed by atoms with Gasteiger partial charge in [0, 0.05) is 0 Å². The third-order valence-electron chi connectivity index (χ3n) is 5.78. The fraction of sp³-hybridized carbons (Fsp3) is 0.654. The first-order valence-corrected chi connectivity index (χ1v) is 11.8. The highest BCUT2D eigenvalue weighted by molar-refractivity contribution is 6.03. The molecule has 32 heavy (non-hydrogen) atoms. The Kier molecular flexibility index (Phi) is 11.4. The van der Waals surface area contributed by atoms with Crippen LogP contribution in [0.2, 0.25) is 0 Å². The summed E-state index contributed by atoms with van der Waals surface area (Å²) in [7, 11) is 0. The largest absolute Gasteiger partial charge is 0.481 e. The smallest absolute Gasteiger partial charge is 0.324 e. The Bertz CT molecular complexity index is 722. The lowest BCUT2D eigenvalue weighted by Gasteiger charge is -2.35. The van der Waals surface area contributed by atoms with Crippen LogP contribution in [-0.4, -0.2) is 33.7 Å². The highest BCUT2D eigenvalue weighted by Gasteiger charge is 2.57. The van der Waals surface area contributed by atoms with E-state index in [1.54, 1.807) is 20.8 Å². The lowest BCUT2D eigenvalue weighted by Crippen LogP contribution is -2.51. The van der Waals surface area contributed by atoms with Gasteiger partial charge in [-0.25, -0.2) is 0 Å². The summed E-state index contributed by atoms with van der Waals surface area (Å²) in [6.45, 7) is 7.12. The monoisotopic (exact) mass is 448 g/mol. The maximum absolute atomic E-state index is 13.2. The first-order valence-electron chi connectivity index (χ1n) is 11.8. The molecule has 1 rings (SSSR count). The molecule has 1 aromatic rings. The van der Waals surface area contributed by atoms with Crippen molar-refractivity contribution in [3.63, 3.8) is 0 Å². The lowest BCUT2D eigenvalue weighted by atomic mass is 9.69. The molecule has 6 nitrogen and oxygen atoms in total. The summed E-state index contributed by atoms with van der Waals surface area (Å²) in [6.07, 6.45) is 7.01. The number of hydrogen-bond donors (Lipinski definition) is 2. The van der Waals surface area contributed by atoms with Crippen molar-refractivity contribution in [2.24, 2.45) is 11.3 Å². The minimum Gasteiger partial charge on any atom is -0.481 e. The number of carbonyl (C=O) groups is 3. The normalized spacial score (nSPS) is 14.4. The van der Waals surface area contributed by atoms with Crippen LogP contribution in [0.25, 0.3) is 0 Å². The third-order valence-corrected chi connectivity index (χ3v) is 5.78. The molecule has 2 N–H and O–H groups in total. The molecule has 0 spiro atoms. The average molecular weight is 449 g/mol. The summed E-state index contributed by atoms with van der Waals surface area (Å²) in [5, 5.41) is 20.2. The number of aryl methyl sites for hydroxylation is 1. The average Bonchev–Trinajstić information content (AvgIpc) is 2.70. The van der Waals surface area contributed by atoms with E-state index < -0.39 is 34.8 Å². The van der Waals surface area contributed by atoms with Gasteiger partial charge in [0.25, 0.3) is 0 Å². The fourth-order valence-corrected chi connectivity index (χ4v) is 4.03. The number of rotatable bonds is 15. The maximum atomic E-state index is 13.2. The third kappa shape index (κ3) is 8.64. The second-order valence-electron chi connectivity index (χ2n) is 9.56. The second kappa shape index (κ2) is 13.2. The quantitative estimate of drug-likeness (QED) is 0.198. The van der Waals surface area contributed by atoms with E-state index in [-0.39, 0.29) is 12.8 Å². The number of benzene rings is 1. The van der Waals surface area contributed by atoms with Crippen LogP contribution in [0.1, 0.15) is 91.0 Å². The van der Waals surface area contributed by atoms with E-state index in [1.165, 1.54) is 0 Å². The molecule has 6 heteroatoms. The van der Waals surface area contributed by atoms with Crippen molar-refractivity contribution in [1.29, 1.82) is 0 Å². The summed E-state index contributed by atoms with van der Waals surface area (Å²) in [5.41, 5.74) is -2.13. The minimum atomic E-state index is -2.11. The first-order chi connectivity index (χ1) is 15.0. The van der Waals surface area contributed by atoms with Gasteiger partial charge in [-0.1, -0.05) is 82.2 Å². The molecule has 0 saturated heterocycles. The number of esters is 1. The highest BCUT2D eigenvalue weighted by atomic mass is 16.6. The number of ether oxygens (including phenoxy) is 1. The Morgan fingerprint density at radius 3 is 1.97 bits per heavy atom. The zero-order valence-electron chi connectivity index (χ0n) is 20.1. The second-order valence-corrected chi connectivity index (χ2v) is 9.56. The molecule has 0 heterocycles. The maximum Gasteiger partial charge on any atom is 0.324 e. The van der Waals surface area contributed by atoms with Crippen LogP contribution in [0.4, 0.5) is 0 Å². The predicted octanol–water partition coefficient (Wildman–Crippen LogP) is 5.87. The summed E-state index contributed by atoms with van der Waals surface area (Å²) in [6, 6.07) is 9.29. The number of aliphatic carboxylic acids is 2. The molecule has 0 aliphatic rings. The first kappa shape index (κ1) is 27.7. The number of carboxylic acids is 2. The van der Waals surface area contributed by atoms with Crippen molar-refractivity contribution in [3.05, 3.63) is 35.9 Å². The Morgan fingerprint density at radius 2 is 1.47 bits per heavy atom. The van der Waals surface area contributed by atoms with Gasteiger partial charge in [0.15, 0.2) is 5.41 Å². The zero-order valence-corrected chi connectivity index (χ0v) is 20.1. The van der Waals surface area contributed by atoms with Crippen molar-refractivity contribution in [2.75, 3.05) is 0 Å². The molecule has 180 valence electrons. The lowest BCUT2D eigenvalue weighted by molar-refractivity contribution is -0.187. The van der Waals surface area contributed by atoms with Crippen LogP contribution in [0, 0.1) is 11.3 Å². The van der Waals surface area contributed by atoms with Gasteiger partial charge < -0.3 is 14.9 Å². The molecule has 1 unspecified atom stereocenters. The van der Waals surface area contributed by atoms with Gasteiger partial charge in [-0.05, 0) is 45.6 Å². The number of carbonyl (C=O) groups excluding carboxylic acids is 1.